The number of aromatic nitrogens is 2. The first-order chi connectivity index (χ1) is 12.2. The number of carbonyl (C=O) groups excluding carboxylic acids is 1. The number of fused-ring (bicyclic) bond motifs is 1. The average Bonchev–Trinajstić information content (AvgIpc) is 2.78. The summed E-state index contributed by atoms with van der Waals surface area (Å²) in [5, 5.41) is 0. The zero-order valence-corrected chi connectivity index (χ0v) is 18.8. The van der Waals surface area contributed by atoms with E-state index in [0.29, 0.717) is 15.7 Å². The van der Waals surface area contributed by atoms with Gasteiger partial charge in [-0.25, -0.2) is 9.78 Å². The molecule has 2 aromatic heterocycles. The first kappa shape index (κ1) is 19.1. The van der Waals surface area contributed by atoms with Crippen LogP contribution in [0, 0.1) is 27.7 Å². The highest BCUT2D eigenvalue weighted by atomic mass is 79.9. The van der Waals surface area contributed by atoms with Crippen LogP contribution in [-0.4, -0.2) is 22.6 Å². The second kappa shape index (κ2) is 6.82. The summed E-state index contributed by atoms with van der Waals surface area (Å²) in [6.45, 7) is 8.16. The highest BCUT2D eigenvalue weighted by molar-refractivity contribution is 9.11. The molecule has 4 nitrogen and oxygen atoms in total. The second-order valence-corrected chi connectivity index (χ2v) is 8.12. The fourth-order valence-electron chi connectivity index (χ4n) is 3.64. The van der Waals surface area contributed by atoms with Crippen molar-refractivity contribution in [1.82, 2.24) is 9.55 Å². The summed E-state index contributed by atoms with van der Waals surface area (Å²) in [5.41, 5.74) is 8.64. The summed E-state index contributed by atoms with van der Waals surface area (Å²) >= 11 is 7.35. The van der Waals surface area contributed by atoms with Crippen LogP contribution in [0.2, 0.25) is 0 Å². The SMILES string of the molecule is COC(=O)c1c(C)nc2c(-c3c(C)cc(C)cc3C)c(Br)n(C)c2c1Br. The van der Waals surface area contributed by atoms with E-state index in [1.165, 1.54) is 23.8 Å². The Labute approximate surface area is 169 Å². The number of rotatable bonds is 2. The summed E-state index contributed by atoms with van der Waals surface area (Å²) in [6.07, 6.45) is 0. The van der Waals surface area contributed by atoms with Gasteiger partial charge in [0.25, 0.3) is 0 Å². The lowest BCUT2D eigenvalue weighted by Crippen LogP contribution is -2.07. The third-order valence-corrected chi connectivity index (χ3v) is 6.38. The van der Waals surface area contributed by atoms with E-state index < -0.39 is 5.97 Å². The van der Waals surface area contributed by atoms with Crippen molar-refractivity contribution in [2.24, 2.45) is 7.05 Å². The van der Waals surface area contributed by atoms with Gasteiger partial charge >= 0.3 is 5.97 Å². The van der Waals surface area contributed by atoms with Gasteiger partial charge in [0.05, 0.1) is 38.5 Å². The molecule has 0 bridgehead atoms. The highest BCUT2D eigenvalue weighted by Crippen LogP contribution is 2.43. The fraction of sp³-hybridized carbons (Fsp3) is 0.300. The third-order valence-electron chi connectivity index (χ3n) is 4.68. The third kappa shape index (κ3) is 2.79. The lowest BCUT2D eigenvalue weighted by molar-refractivity contribution is 0.0598. The number of hydrogen-bond donors (Lipinski definition) is 0. The van der Waals surface area contributed by atoms with Crippen molar-refractivity contribution in [3.8, 4) is 11.1 Å². The van der Waals surface area contributed by atoms with Gasteiger partial charge in [-0.2, -0.15) is 0 Å². The molecule has 0 N–H and O–H groups in total. The zero-order valence-electron chi connectivity index (χ0n) is 15.6. The van der Waals surface area contributed by atoms with Crippen LogP contribution in [0.4, 0.5) is 0 Å². The van der Waals surface area contributed by atoms with Crippen molar-refractivity contribution in [1.29, 1.82) is 0 Å². The van der Waals surface area contributed by atoms with Crippen molar-refractivity contribution in [3.05, 3.63) is 49.2 Å². The van der Waals surface area contributed by atoms with E-state index in [2.05, 4.69) is 64.8 Å². The van der Waals surface area contributed by atoms with Gasteiger partial charge in [-0.3, -0.25) is 0 Å². The summed E-state index contributed by atoms with van der Waals surface area (Å²) in [6, 6.07) is 4.36. The molecule has 0 amide bonds. The normalized spacial score (nSPS) is 11.2. The van der Waals surface area contributed by atoms with Crippen molar-refractivity contribution >= 4 is 48.9 Å². The Morgan fingerprint density at radius 3 is 2.19 bits per heavy atom. The van der Waals surface area contributed by atoms with Gasteiger partial charge in [0.1, 0.15) is 0 Å². The van der Waals surface area contributed by atoms with Gasteiger partial charge in [-0.05, 0) is 76.2 Å². The molecule has 0 aliphatic heterocycles. The Bertz CT molecular complexity index is 1040. The lowest BCUT2D eigenvalue weighted by atomic mass is 9.94. The number of pyridine rings is 1. The molecule has 0 aliphatic rings. The summed E-state index contributed by atoms with van der Waals surface area (Å²) < 4.78 is 8.56. The Balaban J connectivity index is 2.48. The molecule has 0 spiro atoms. The number of methoxy groups -OCH3 is 1. The van der Waals surface area contributed by atoms with Gasteiger partial charge in [0, 0.05) is 12.6 Å². The molecule has 0 radical (unpaired) electrons. The van der Waals surface area contributed by atoms with Crippen LogP contribution in [0.3, 0.4) is 0 Å². The maximum atomic E-state index is 12.2. The maximum Gasteiger partial charge on any atom is 0.340 e. The van der Waals surface area contributed by atoms with Crippen LogP contribution in [0.25, 0.3) is 22.2 Å². The molecule has 26 heavy (non-hydrogen) atoms. The molecule has 136 valence electrons. The molecule has 0 saturated carbocycles. The van der Waals surface area contributed by atoms with Gasteiger partial charge in [0.2, 0.25) is 0 Å². The first-order valence-corrected chi connectivity index (χ1v) is 9.78. The molecule has 0 aliphatic carbocycles. The number of hydrogen-bond acceptors (Lipinski definition) is 3. The Kier molecular flexibility index (Phi) is 5.01. The monoisotopic (exact) mass is 478 g/mol. The van der Waals surface area contributed by atoms with Crippen molar-refractivity contribution in [2.45, 2.75) is 27.7 Å². The van der Waals surface area contributed by atoms with Crippen LogP contribution in [0.1, 0.15) is 32.7 Å². The second-order valence-electron chi connectivity index (χ2n) is 6.57. The van der Waals surface area contributed by atoms with Crippen LogP contribution in [0.15, 0.2) is 21.2 Å². The highest BCUT2D eigenvalue weighted by Gasteiger charge is 2.26. The molecule has 0 atom stereocenters. The molecular formula is C20H20Br2N2O2. The standard InChI is InChI=1S/C20H20Br2N2O2/c1-9-7-10(2)13(11(3)8-9)15-17-18(24(5)19(15)22)16(21)14(12(4)23-17)20(25)26-6/h7-8H,1-6H3. The van der Waals surface area contributed by atoms with Crippen LogP contribution >= 0.6 is 31.9 Å². The largest absolute Gasteiger partial charge is 0.465 e. The predicted octanol–water partition coefficient (Wildman–Crippen LogP) is 5.79. The molecule has 0 unspecified atom stereocenters. The molecule has 1 aromatic carbocycles. The first-order valence-electron chi connectivity index (χ1n) is 8.19. The lowest BCUT2D eigenvalue weighted by Gasteiger charge is -2.12. The van der Waals surface area contributed by atoms with Crippen LogP contribution in [0.5, 0.6) is 0 Å². The maximum absolute atomic E-state index is 12.2. The van der Waals surface area contributed by atoms with Crippen LogP contribution in [-0.2, 0) is 11.8 Å². The number of aryl methyl sites for hydroxylation is 5. The molecular weight excluding hydrogens is 460 g/mol. The quantitative estimate of drug-likeness (QED) is 0.437. The van der Waals surface area contributed by atoms with E-state index in [1.807, 2.05) is 18.5 Å². The molecule has 6 heteroatoms. The zero-order chi connectivity index (χ0) is 19.3. The van der Waals surface area contributed by atoms with Crippen molar-refractivity contribution < 1.29 is 9.53 Å². The molecule has 3 rings (SSSR count). The average molecular weight is 480 g/mol. The number of nitrogens with zero attached hydrogens (tertiary/aromatic N) is 2. The summed E-state index contributed by atoms with van der Waals surface area (Å²) in [5.74, 6) is -0.398. The molecule has 0 fully saturated rings. The Hall–Kier alpha value is -1.66. The number of halogens is 2. The van der Waals surface area contributed by atoms with Crippen molar-refractivity contribution in [2.75, 3.05) is 7.11 Å². The number of ether oxygens (including phenoxy) is 1. The van der Waals surface area contributed by atoms with E-state index >= 15 is 0 Å². The topological polar surface area (TPSA) is 44.1 Å². The minimum absolute atomic E-state index is 0.398. The molecule has 3 aromatic rings. The minimum atomic E-state index is -0.398. The number of benzene rings is 1. The number of carbonyl (C=O) groups is 1. The predicted molar refractivity (Wildman–Crippen MR) is 112 cm³/mol. The van der Waals surface area contributed by atoms with Crippen molar-refractivity contribution in [3.63, 3.8) is 0 Å². The van der Waals surface area contributed by atoms with Gasteiger partial charge in [-0.15, -0.1) is 0 Å². The van der Waals surface area contributed by atoms with E-state index in [1.54, 1.807) is 0 Å². The number of esters is 1. The van der Waals surface area contributed by atoms with Gasteiger partial charge in [0.15, 0.2) is 0 Å². The molecule has 2 heterocycles. The summed E-state index contributed by atoms with van der Waals surface area (Å²) in [4.78, 5) is 17.0. The van der Waals surface area contributed by atoms with E-state index in [9.17, 15) is 4.79 Å². The van der Waals surface area contributed by atoms with Crippen LogP contribution < -0.4 is 0 Å². The molecule has 0 saturated heterocycles. The van der Waals surface area contributed by atoms with Gasteiger partial charge < -0.3 is 9.30 Å². The minimum Gasteiger partial charge on any atom is -0.465 e. The van der Waals surface area contributed by atoms with E-state index in [-0.39, 0.29) is 0 Å². The smallest absolute Gasteiger partial charge is 0.340 e. The van der Waals surface area contributed by atoms with E-state index in [4.69, 9.17) is 9.72 Å². The Morgan fingerprint density at radius 1 is 1.08 bits per heavy atom. The van der Waals surface area contributed by atoms with Gasteiger partial charge in [-0.1, -0.05) is 17.7 Å². The summed E-state index contributed by atoms with van der Waals surface area (Å²) in [7, 11) is 3.33. The fourth-order valence-corrected chi connectivity index (χ4v) is 5.10. The Morgan fingerprint density at radius 2 is 1.65 bits per heavy atom. The van der Waals surface area contributed by atoms with E-state index in [0.717, 1.165) is 26.8 Å².